The molecule has 3 N–H and O–H groups in total. The van der Waals surface area contributed by atoms with Crippen LogP contribution in [-0.2, 0) is 20.7 Å². The van der Waals surface area contributed by atoms with Gasteiger partial charge in [0, 0.05) is 6.92 Å². The summed E-state index contributed by atoms with van der Waals surface area (Å²) >= 11 is 2.03. The fourth-order valence-corrected chi connectivity index (χ4v) is 2.44. The number of rotatable bonds is 4. The highest BCUT2D eigenvalue weighted by molar-refractivity contribution is 14.1. The largest absolute Gasteiger partial charge is 0.444 e. The van der Waals surface area contributed by atoms with Crippen molar-refractivity contribution >= 4 is 40.6 Å². The summed E-state index contributed by atoms with van der Waals surface area (Å²) in [6, 6.07) is 4.20. The third-order valence-electron chi connectivity index (χ3n) is 2.67. The lowest BCUT2D eigenvalue weighted by Gasteiger charge is -2.20. The zero-order valence-corrected chi connectivity index (χ0v) is 16.2. The van der Waals surface area contributed by atoms with Crippen molar-refractivity contribution in [1.82, 2.24) is 5.32 Å². The maximum absolute atomic E-state index is 11.9. The predicted molar refractivity (Wildman–Crippen MR) is 96.5 cm³/mol. The maximum atomic E-state index is 11.9. The molecular weight excluding hydrogens is 427 g/mol. The molecule has 0 aliphatic heterocycles. The number of amides is 2. The van der Waals surface area contributed by atoms with E-state index < -0.39 is 29.6 Å². The van der Waals surface area contributed by atoms with Crippen LogP contribution in [0.4, 0.5) is 4.79 Å². The average Bonchev–Trinajstić information content (AvgIpc) is 2.39. The van der Waals surface area contributed by atoms with E-state index in [9.17, 15) is 14.4 Å². The summed E-state index contributed by atoms with van der Waals surface area (Å²) in [7, 11) is 0. The summed E-state index contributed by atoms with van der Waals surface area (Å²) in [6.07, 6.45) is -0.604. The first kappa shape index (κ1) is 20.4. The van der Waals surface area contributed by atoms with Crippen LogP contribution in [0.3, 0.4) is 0 Å². The number of halogens is 1. The quantitative estimate of drug-likeness (QED) is 0.415. The number of esters is 1. The Balaban J connectivity index is 2.65. The van der Waals surface area contributed by atoms with E-state index in [2.05, 4.69) is 5.32 Å². The molecule has 0 radical (unpaired) electrons. The van der Waals surface area contributed by atoms with Crippen molar-refractivity contribution in [2.45, 2.75) is 45.8 Å². The van der Waals surface area contributed by atoms with Gasteiger partial charge in [0.15, 0.2) is 0 Å². The van der Waals surface area contributed by atoms with E-state index in [0.29, 0.717) is 5.75 Å². The molecule has 0 aliphatic rings. The molecule has 7 nitrogen and oxygen atoms in total. The van der Waals surface area contributed by atoms with Gasteiger partial charge in [0.2, 0.25) is 5.91 Å². The first-order chi connectivity index (χ1) is 11.0. The molecule has 0 aliphatic carbocycles. The minimum Gasteiger partial charge on any atom is -0.444 e. The molecule has 24 heavy (non-hydrogen) atoms. The molecule has 0 aromatic heterocycles. The lowest BCUT2D eigenvalue weighted by Crippen LogP contribution is -2.46. The van der Waals surface area contributed by atoms with Gasteiger partial charge in [-0.1, -0.05) is 6.07 Å². The number of imide groups is 1. The van der Waals surface area contributed by atoms with Crippen molar-refractivity contribution in [3.63, 3.8) is 0 Å². The second-order valence-corrected chi connectivity index (χ2v) is 7.32. The van der Waals surface area contributed by atoms with Gasteiger partial charge in [-0.25, -0.2) is 4.79 Å². The predicted octanol–water partition coefficient (Wildman–Crippen LogP) is 2.14. The monoisotopic (exact) mass is 448 g/mol. The SMILES string of the molecule is CC(=O)Oc1ccc(C[C@H](N)C(=O)NC(=O)OC(C)(C)C)cc1I. The summed E-state index contributed by atoms with van der Waals surface area (Å²) in [5, 5.41) is 2.11. The van der Waals surface area contributed by atoms with Gasteiger partial charge in [0.05, 0.1) is 9.61 Å². The Morgan fingerprint density at radius 1 is 1.29 bits per heavy atom. The van der Waals surface area contributed by atoms with Crippen LogP contribution in [0, 0.1) is 3.57 Å². The molecule has 132 valence electrons. The summed E-state index contributed by atoms with van der Waals surface area (Å²) in [6.45, 7) is 6.41. The molecule has 0 spiro atoms. The second kappa shape index (κ2) is 8.43. The van der Waals surface area contributed by atoms with Crippen LogP contribution in [0.15, 0.2) is 18.2 Å². The van der Waals surface area contributed by atoms with Gasteiger partial charge in [-0.2, -0.15) is 0 Å². The molecule has 0 fully saturated rings. The van der Waals surface area contributed by atoms with Gasteiger partial charge < -0.3 is 15.2 Å². The van der Waals surface area contributed by atoms with Crippen LogP contribution < -0.4 is 15.8 Å². The average molecular weight is 448 g/mol. The highest BCUT2D eigenvalue weighted by Gasteiger charge is 2.22. The van der Waals surface area contributed by atoms with Crippen LogP contribution in [0.2, 0.25) is 0 Å². The fourth-order valence-electron chi connectivity index (χ4n) is 1.75. The normalized spacial score (nSPS) is 12.2. The van der Waals surface area contributed by atoms with Crippen LogP contribution in [0.25, 0.3) is 0 Å². The van der Waals surface area contributed by atoms with Crippen LogP contribution in [0.5, 0.6) is 5.75 Å². The Hall–Kier alpha value is -1.68. The molecule has 0 saturated heterocycles. The first-order valence-corrected chi connectivity index (χ1v) is 8.32. The Morgan fingerprint density at radius 3 is 2.42 bits per heavy atom. The van der Waals surface area contributed by atoms with E-state index in [0.717, 1.165) is 9.13 Å². The molecule has 0 heterocycles. The third kappa shape index (κ3) is 7.26. The van der Waals surface area contributed by atoms with E-state index in [1.165, 1.54) is 6.92 Å². The zero-order chi connectivity index (χ0) is 18.5. The van der Waals surface area contributed by atoms with E-state index in [1.807, 2.05) is 22.6 Å². The second-order valence-electron chi connectivity index (χ2n) is 6.16. The van der Waals surface area contributed by atoms with Crippen molar-refractivity contribution in [2.24, 2.45) is 5.73 Å². The topological polar surface area (TPSA) is 108 Å². The molecule has 0 bridgehead atoms. The van der Waals surface area contributed by atoms with Gasteiger partial charge in [0.1, 0.15) is 11.4 Å². The summed E-state index contributed by atoms with van der Waals surface area (Å²) < 4.78 is 10.8. The maximum Gasteiger partial charge on any atom is 0.414 e. The lowest BCUT2D eigenvalue weighted by molar-refractivity contribution is -0.132. The van der Waals surface area contributed by atoms with Gasteiger partial charge in [-0.05, 0) is 67.5 Å². The van der Waals surface area contributed by atoms with Crippen LogP contribution in [0.1, 0.15) is 33.3 Å². The Morgan fingerprint density at radius 2 is 1.92 bits per heavy atom. The van der Waals surface area contributed by atoms with Gasteiger partial charge in [-0.15, -0.1) is 0 Å². The van der Waals surface area contributed by atoms with E-state index in [1.54, 1.807) is 39.0 Å². The Bertz CT molecular complexity index is 640. The number of ether oxygens (including phenoxy) is 2. The van der Waals surface area contributed by atoms with E-state index in [-0.39, 0.29) is 6.42 Å². The number of benzene rings is 1. The number of carbonyl (C=O) groups excluding carboxylic acids is 3. The van der Waals surface area contributed by atoms with Crippen molar-refractivity contribution in [2.75, 3.05) is 0 Å². The molecule has 1 aromatic rings. The number of carbonyl (C=O) groups is 3. The minimum absolute atomic E-state index is 0.227. The molecule has 0 unspecified atom stereocenters. The molecule has 2 amide bonds. The molecule has 1 aromatic carbocycles. The summed E-state index contributed by atoms with van der Waals surface area (Å²) in [5.41, 5.74) is 5.90. The first-order valence-electron chi connectivity index (χ1n) is 7.24. The third-order valence-corrected chi connectivity index (χ3v) is 3.51. The Labute approximate surface area is 154 Å². The number of hydrogen-bond donors (Lipinski definition) is 2. The van der Waals surface area contributed by atoms with Crippen molar-refractivity contribution in [3.05, 3.63) is 27.3 Å². The smallest absolute Gasteiger partial charge is 0.414 e. The van der Waals surface area contributed by atoms with Crippen LogP contribution in [-0.4, -0.2) is 29.6 Å². The van der Waals surface area contributed by atoms with Crippen molar-refractivity contribution in [1.29, 1.82) is 0 Å². The molecule has 1 rings (SSSR count). The summed E-state index contributed by atoms with van der Waals surface area (Å²) in [4.78, 5) is 34.5. The van der Waals surface area contributed by atoms with Crippen molar-refractivity contribution < 1.29 is 23.9 Å². The number of nitrogens with one attached hydrogen (secondary N) is 1. The van der Waals surface area contributed by atoms with Gasteiger partial charge in [0.25, 0.3) is 0 Å². The minimum atomic E-state index is -0.909. The van der Waals surface area contributed by atoms with Crippen molar-refractivity contribution in [3.8, 4) is 5.75 Å². The summed E-state index contributed by atoms with van der Waals surface area (Å²) in [5.74, 6) is -0.587. The molecule has 1 atom stereocenters. The van der Waals surface area contributed by atoms with Crippen LogP contribution >= 0.6 is 22.6 Å². The molecular formula is C16H21IN2O5. The fraction of sp³-hybridized carbons (Fsp3) is 0.438. The highest BCUT2D eigenvalue weighted by atomic mass is 127. The highest BCUT2D eigenvalue weighted by Crippen LogP contribution is 2.22. The van der Waals surface area contributed by atoms with Gasteiger partial charge >= 0.3 is 12.1 Å². The molecule has 0 saturated carbocycles. The number of alkyl carbamates (subject to hydrolysis) is 1. The standard InChI is InChI=1S/C16H21IN2O5/c1-9(20)23-13-6-5-10(7-11(13)17)8-12(18)14(21)19-15(22)24-16(2,3)4/h5-7,12H,8,18H2,1-4H3,(H,19,21,22)/t12-/m0/s1. The van der Waals surface area contributed by atoms with E-state index in [4.69, 9.17) is 15.2 Å². The van der Waals surface area contributed by atoms with Gasteiger partial charge in [-0.3, -0.25) is 14.9 Å². The van der Waals surface area contributed by atoms with E-state index >= 15 is 0 Å². The number of hydrogen-bond acceptors (Lipinski definition) is 6. The lowest BCUT2D eigenvalue weighted by atomic mass is 10.1. The number of nitrogens with two attached hydrogens (primary N) is 1. The Kier molecular flexibility index (Phi) is 7.15. The zero-order valence-electron chi connectivity index (χ0n) is 14.0. The molecule has 8 heteroatoms.